The van der Waals surface area contributed by atoms with Gasteiger partial charge in [0.15, 0.2) is 0 Å². The Morgan fingerprint density at radius 3 is 2.05 bits per heavy atom. The number of nitriles is 2. The molecule has 2 aromatic carbocycles. The first-order chi connectivity index (χ1) is 9.21. The van der Waals surface area contributed by atoms with Crippen LogP contribution in [0.1, 0.15) is 22.3 Å². The molecule has 0 heterocycles. The van der Waals surface area contributed by atoms with Gasteiger partial charge in [-0.3, -0.25) is 0 Å². The van der Waals surface area contributed by atoms with Crippen molar-refractivity contribution in [1.82, 2.24) is 0 Å². The maximum Gasteiger partial charge on any atom is 0.125 e. The molecule has 88 valence electrons. The fourth-order valence-electron chi connectivity index (χ4n) is 1.54. The van der Waals surface area contributed by atoms with Crippen molar-refractivity contribution in [2.24, 2.45) is 0 Å². The van der Waals surface area contributed by atoms with Crippen LogP contribution in [0.15, 0.2) is 42.5 Å². The number of benzene rings is 2. The summed E-state index contributed by atoms with van der Waals surface area (Å²) in [6, 6.07) is 14.7. The Bertz CT molecular complexity index is 768. The zero-order valence-electron chi connectivity index (χ0n) is 9.81. The molecule has 0 saturated carbocycles. The monoisotopic (exact) mass is 246 g/mol. The first-order valence-corrected chi connectivity index (χ1v) is 5.44. The van der Waals surface area contributed by atoms with Gasteiger partial charge < -0.3 is 0 Å². The van der Waals surface area contributed by atoms with E-state index >= 15 is 0 Å². The van der Waals surface area contributed by atoms with E-state index < -0.39 is 5.82 Å². The molecule has 0 aromatic heterocycles. The topological polar surface area (TPSA) is 47.6 Å². The van der Waals surface area contributed by atoms with Gasteiger partial charge in [-0.1, -0.05) is 17.9 Å². The van der Waals surface area contributed by atoms with Gasteiger partial charge >= 0.3 is 0 Å². The van der Waals surface area contributed by atoms with Gasteiger partial charge in [0.2, 0.25) is 0 Å². The summed E-state index contributed by atoms with van der Waals surface area (Å²) in [4.78, 5) is 0. The Hall–Kier alpha value is -3.09. The summed E-state index contributed by atoms with van der Waals surface area (Å²) >= 11 is 0. The molecular formula is C16H7FN2. The SMILES string of the molecule is N#Cc1cccc(C#Cc2cc(F)cc(C#N)c2)c1. The normalized spacial score (nSPS) is 8.79. The van der Waals surface area contributed by atoms with Gasteiger partial charge in [0.25, 0.3) is 0 Å². The van der Waals surface area contributed by atoms with E-state index in [9.17, 15) is 4.39 Å². The summed E-state index contributed by atoms with van der Waals surface area (Å²) in [5, 5.41) is 17.5. The third-order valence-electron chi connectivity index (χ3n) is 2.37. The van der Waals surface area contributed by atoms with Gasteiger partial charge in [-0.05, 0) is 36.4 Å². The number of nitrogens with zero attached hydrogens (tertiary/aromatic N) is 2. The molecule has 0 atom stereocenters. The van der Waals surface area contributed by atoms with Gasteiger partial charge in [0, 0.05) is 11.1 Å². The number of halogens is 1. The molecule has 0 amide bonds. The maximum atomic E-state index is 13.2. The lowest BCUT2D eigenvalue weighted by atomic mass is 10.1. The quantitative estimate of drug-likeness (QED) is 0.671. The van der Waals surface area contributed by atoms with E-state index in [1.165, 1.54) is 12.1 Å². The van der Waals surface area contributed by atoms with E-state index in [-0.39, 0.29) is 5.56 Å². The fourth-order valence-corrected chi connectivity index (χ4v) is 1.54. The van der Waals surface area contributed by atoms with Crippen LogP contribution >= 0.6 is 0 Å². The molecule has 19 heavy (non-hydrogen) atoms. The average Bonchev–Trinajstić information content (AvgIpc) is 2.44. The number of hydrogen-bond donors (Lipinski definition) is 0. The largest absolute Gasteiger partial charge is 0.207 e. The second-order valence-corrected chi connectivity index (χ2v) is 3.78. The van der Waals surface area contributed by atoms with Crippen molar-refractivity contribution in [1.29, 1.82) is 10.5 Å². The Labute approximate surface area is 110 Å². The standard InChI is InChI=1S/C16H7FN2/c17-16-8-13(7-15(9-16)11-19)5-4-12-2-1-3-14(6-12)10-18/h1-3,6-9H. The van der Waals surface area contributed by atoms with Crippen LogP contribution in [0.5, 0.6) is 0 Å². The highest BCUT2D eigenvalue weighted by Crippen LogP contribution is 2.08. The number of hydrogen-bond acceptors (Lipinski definition) is 2. The van der Waals surface area contributed by atoms with Crippen LogP contribution in [0.2, 0.25) is 0 Å². The molecule has 2 rings (SSSR count). The van der Waals surface area contributed by atoms with Crippen molar-refractivity contribution in [2.75, 3.05) is 0 Å². The highest BCUT2D eigenvalue weighted by Gasteiger charge is 1.98. The van der Waals surface area contributed by atoms with E-state index in [2.05, 4.69) is 11.8 Å². The van der Waals surface area contributed by atoms with Gasteiger partial charge in [0.05, 0.1) is 23.3 Å². The van der Waals surface area contributed by atoms with Crippen molar-refractivity contribution >= 4 is 0 Å². The Morgan fingerprint density at radius 2 is 1.32 bits per heavy atom. The molecule has 0 spiro atoms. The molecule has 0 N–H and O–H groups in total. The van der Waals surface area contributed by atoms with Crippen LogP contribution in [0, 0.1) is 40.3 Å². The summed E-state index contributed by atoms with van der Waals surface area (Å²) in [7, 11) is 0. The van der Waals surface area contributed by atoms with E-state index in [0.29, 0.717) is 16.7 Å². The minimum Gasteiger partial charge on any atom is -0.207 e. The molecule has 0 bridgehead atoms. The lowest BCUT2D eigenvalue weighted by Gasteiger charge is -1.94. The minimum absolute atomic E-state index is 0.232. The average molecular weight is 246 g/mol. The minimum atomic E-state index is -0.492. The first-order valence-electron chi connectivity index (χ1n) is 5.44. The summed E-state index contributed by atoms with van der Waals surface area (Å²) in [5.41, 5.74) is 1.85. The smallest absolute Gasteiger partial charge is 0.125 e. The van der Waals surface area contributed by atoms with Crippen LogP contribution in [-0.4, -0.2) is 0 Å². The van der Waals surface area contributed by atoms with Crippen LogP contribution in [0.25, 0.3) is 0 Å². The molecule has 2 aromatic rings. The number of rotatable bonds is 0. The summed E-state index contributed by atoms with van der Waals surface area (Å²) in [6.45, 7) is 0. The third kappa shape index (κ3) is 3.19. The molecule has 0 radical (unpaired) electrons. The third-order valence-corrected chi connectivity index (χ3v) is 2.37. The zero-order valence-corrected chi connectivity index (χ0v) is 9.81. The van der Waals surface area contributed by atoms with Crippen molar-refractivity contribution in [2.45, 2.75) is 0 Å². The fraction of sp³-hybridized carbons (Fsp3) is 0. The molecule has 0 saturated heterocycles. The molecule has 0 unspecified atom stereocenters. The van der Waals surface area contributed by atoms with Crippen LogP contribution in [0.4, 0.5) is 4.39 Å². The van der Waals surface area contributed by atoms with Gasteiger partial charge in [0.1, 0.15) is 5.82 Å². The Morgan fingerprint density at radius 1 is 0.737 bits per heavy atom. The summed E-state index contributed by atoms with van der Waals surface area (Å²) in [6.07, 6.45) is 0. The molecule has 0 aliphatic heterocycles. The van der Waals surface area contributed by atoms with Crippen molar-refractivity contribution in [3.8, 4) is 24.0 Å². The zero-order chi connectivity index (χ0) is 13.7. The second-order valence-electron chi connectivity index (χ2n) is 3.78. The lowest BCUT2D eigenvalue weighted by Crippen LogP contribution is -1.83. The van der Waals surface area contributed by atoms with Crippen LogP contribution in [-0.2, 0) is 0 Å². The van der Waals surface area contributed by atoms with E-state index in [0.717, 1.165) is 6.07 Å². The predicted molar refractivity (Wildman–Crippen MR) is 68.3 cm³/mol. The molecule has 2 nitrogen and oxygen atoms in total. The van der Waals surface area contributed by atoms with Crippen molar-refractivity contribution in [3.63, 3.8) is 0 Å². The first kappa shape index (κ1) is 12.4. The van der Waals surface area contributed by atoms with E-state index in [1.54, 1.807) is 24.3 Å². The van der Waals surface area contributed by atoms with Crippen LogP contribution in [0.3, 0.4) is 0 Å². The Kier molecular flexibility index (Phi) is 3.58. The molecule has 0 aliphatic carbocycles. The molecular weight excluding hydrogens is 239 g/mol. The van der Waals surface area contributed by atoms with Crippen molar-refractivity contribution in [3.05, 3.63) is 70.5 Å². The van der Waals surface area contributed by atoms with Gasteiger partial charge in [-0.15, -0.1) is 0 Å². The Balaban J connectivity index is 2.37. The maximum absolute atomic E-state index is 13.2. The molecule has 0 fully saturated rings. The highest BCUT2D eigenvalue weighted by molar-refractivity contribution is 5.48. The van der Waals surface area contributed by atoms with Crippen LogP contribution < -0.4 is 0 Å². The lowest BCUT2D eigenvalue weighted by molar-refractivity contribution is 0.627. The van der Waals surface area contributed by atoms with E-state index in [4.69, 9.17) is 10.5 Å². The summed E-state index contributed by atoms with van der Waals surface area (Å²) < 4.78 is 13.2. The summed E-state index contributed by atoms with van der Waals surface area (Å²) in [5.74, 6) is 5.12. The molecule has 3 heteroatoms. The second kappa shape index (κ2) is 5.50. The molecule has 0 aliphatic rings. The van der Waals surface area contributed by atoms with Gasteiger partial charge in [-0.2, -0.15) is 10.5 Å². The van der Waals surface area contributed by atoms with E-state index in [1.807, 2.05) is 12.1 Å². The predicted octanol–water partition coefficient (Wildman–Crippen LogP) is 2.97. The van der Waals surface area contributed by atoms with Gasteiger partial charge in [-0.25, -0.2) is 4.39 Å². The van der Waals surface area contributed by atoms with Crippen molar-refractivity contribution < 1.29 is 4.39 Å². The highest BCUT2D eigenvalue weighted by atomic mass is 19.1.